The first-order valence-electron chi connectivity index (χ1n) is 47.9. The third kappa shape index (κ3) is 31.5. The minimum atomic E-state index is -0.650. The normalized spacial score (nSPS) is 12.1. The van der Waals surface area contributed by atoms with Gasteiger partial charge in [0.25, 0.3) is 11.8 Å². The van der Waals surface area contributed by atoms with Crippen molar-refractivity contribution in [2.24, 2.45) is 35.1 Å². The van der Waals surface area contributed by atoms with Crippen LogP contribution in [0, 0.1) is 37.5 Å². The molecule has 736 valence electrons. The summed E-state index contributed by atoms with van der Waals surface area (Å²) in [6.45, 7) is 30.0. The lowest BCUT2D eigenvalue weighted by molar-refractivity contribution is 0.0581. The SMILES string of the molecule is CB(O)NCCCN(C(=O)c1ccc(C)cc1)C(c1oc2cc(Cl)ccc2c(=O)c1Cc1ccccc1)C(C)C.CB(O)NCCCNC(c1oc2cc(Cl)ccc2c(=O)c1Cc1ccccc1)C(C)C.CC(C)C(N)c1oc2cc(Cl)ccc2c(=O)c1Cc1ccccc1.COCCNB(C)O.Cc1ccc(C(=O)N(CCCN)C(c2oc3cc(Cl)ccc3c(=O)c2Cc2ccccc2)C(C)C)cc1. The zero-order valence-corrected chi connectivity index (χ0v) is 85.5. The van der Waals surface area contributed by atoms with E-state index in [9.17, 15) is 38.8 Å². The van der Waals surface area contributed by atoms with Crippen LogP contribution < -0.4 is 54.2 Å². The van der Waals surface area contributed by atoms with Crippen LogP contribution in [-0.2, 0) is 30.4 Å². The van der Waals surface area contributed by atoms with Crippen LogP contribution in [0.2, 0.25) is 40.6 Å². The molecule has 2 amide bonds. The van der Waals surface area contributed by atoms with Gasteiger partial charge in [0.05, 0.1) is 52.3 Å². The highest BCUT2D eigenvalue weighted by atomic mass is 35.5. The van der Waals surface area contributed by atoms with Crippen molar-refractivity contribution in [1.82, 2.24) is 30.8 Å². The number of nitrogens with one attached hydrogen (secondary N) is 4. The Labute approximate surface area is 842 Å². The van der Waals surface area contributed by atoms with Crippen LogP contribution in [0.5, 0.6) is 0 Å². The van der Waals surface area contributed by atoms with Gasteiger partial charge in [-0.05, 0) is 198 Å². The smallest absolute Gasteiger partial charge is 0.373 e. The predicted molar refractivity (Wildman–Crippen MR) is 574 cm³/mol. The fourth-order valence-electron chi connectivity index (χ4n) is 16.6. The second kappa shape index (κ2) is 54.8. The average Bonchev–Trinajstić information content (AvgIpc) is 0.734. The lowest BCUT2D eigenvalue weighted by Crippen LogP contribution is -2.41. The number of hydrogen-bond donors (Lipinski definition) is 9. The minimum absolute atomic E-state index is 0.0139. The number of nitrogens with two attached hydrogens (primary N) is 2. The molecule has 0 radical (unpaired) electrons. The average molecular weight is 1980 g/mol. The summed E-state index contributed by atoms with van der Waals surface area (Å²) < 4.78 is 30.2. The van der Waals surface area contributed by atoms with Crippen molar-refractivity contribution in [3.63, 3.8) is 0 Å². The predicted octanol–water partition coefficient (Wildman–Crippen LogP) is 21.2. The molecule has 0 saturated carbocycles. The van der Waals surface area contributed by atoms with Crippen LogP contribution >= 0.6 is 46.4 Å². The van der Waals surface area contributed by atoms with Gasteiger partial charge in [0, 0.05) is 130 Å². The van der Waals surface area contributed by atoms with Crippen molar-refractivity contribution in [3.8, 4) is 0 Å². The topological polar surface area (TPSA) is 332 Å². The minimum Gasteiger partial charge on any atom is -0.459 e. The highest BCUT2D eigenvalue weighted by Gasteiger charge is 2.37. The molecule has 0 fully saturated rings. The first-order chi connectivity index (χ1) is 67.0. The second-order valence-corrected chi connectivity index (χ2v) is 38.3. The third-order valence-corrected chi connectivity index (χ3v) is 24.8. The number of ether oxygens (including phenoxy) is 1. The molecule has 14 rings (SSSR count). The number of amides is 2. The molecule has 0 spiro atoms. The van der Waals surface area contributed by atoms with E-state index in [0.29, 0.717) is 205 Å². The standard InChI is InChI=1S/C32H36BClN2O4.C31H33ClN2O3.C24H30BClN2O3.C20H20ClNO2.C4H12BNO2/c1-21(2)29(36(18-8-17-35-33(4)39)32(38)24-13-11-22(3)12-14-24)31-27(19-23-9-6-5-7-10-23)30(37)26-16-15-25(34)20-28(26)40-31;1-20(2)28(34(17-7-16-33)31(36)23-12-10-21(3)11-13-23)30-26(18-22-8-5-4-6-9-22)29(35)25-15-14-24(32)19-27(25)37-30;1-16(2)22(27-12-7-13-28-25(3)30)24-20(14-17-8-5-4-6-9-17)23(29)19-11-10-18(26)15-21(19)31-24;1-12(2)18(22)20-16(10-13-6-4-3-5-7-13)19(23)15-9-8-14(21)11-17(15)24-20;1-5(7)6-3-4-8-2/h5-7,9-16,20-21,29,35,39H,8,17-19H2,1-4H3;4-6,8-15,19-20,28H,7,16-18,33H2,1-3H3;4-6,8-11,15-16,22,27-28,30H,7,12-14H2,1-3H3;3-9,11-12,18H,10,22H2,1-2H3;6-7H,3-4H2,1-2H3. The molecular weight excluding hydrogens is 1840 g/mol. The molecule has 10 aromatic carbocycles. The molecule has 4 atom stereocenters. The first kappa shape index (κ1) is 111. The largest absolute Gasteiger partial charge is 0.459 e. The quantitative estimate of drug-likeness (QED) is 0.0128. The van der Waals surface area contributed by atoms with Crippen LogP contribution in [0.25, 0.3) is 43.9 Å². The summed E-state index contributed by atoms with van der Waals surface area (Å²) in [7, 11) is 0.0265. The first-order valence-corrected chi connectivity index (χ1v) is 49.4. The van der Waals surface area contributed by atoms with Gasteiger partial charge in [-0.2, -0.15) is 0 Å². The van der Waals surface area contributed by atoms with Gasteiger partial charge in [-0.3, -0.25) is 28.8 Å². The number of carbonyl (C=O) groups is 2. The van der Waals surface area contributed by atoms with E-state index in [2.05, 4.69) is 34.8 Å². The molecule has 4 heterocycles. The molecule has 0 bridgehead atoms. The number of halogens is 4. The van der Waals surface area contributed by atoms with Crippen molar-refractivity contribution in [1.29, 1.82) is 0 Å². The van der Waals surface area contributed by atoms with Crippen molar-refractivity contribution in [2.45, 2.75) is 159 Å². The van der Waals surface area contributed by atoms with Gasteiger partial charge in [-0.1, -0.05) is 259 Å². The van der Waals surface area contributed by atoms with Gasteiger partial charge >= 0.3 is 21.2 Å². The number of fused-ring (bicyclic) bond motifs is 4. The van der Waals surface area contributed by atoms with Crippen molar-refractivity contribution in [2.75, 3.05) is 59.5 Å². The molecule has 140 heavy (non-hydrogen) atoms. The molecule has 4 aromatic heterocycles. The van der Waals surface area contributed by atoms with E-state index in [1.165, 1.54) is 0 Å². The Morgan fingerprint density at radius 2 is 0.686 bits per heavy atom. The Morgan fingerprint density at radius 1 is 0.386 bits per heavy atom. The van der Waals surface area contributed by atoms with E-state index in [0.717, 1.165) is 46.3 Å². The van der Waals surface area contributed by atoms with Gasteiger partial charge < -0.3 is 79.7 Å². The van der Waals surface area contributed by atoms with E-state index < -0.39 is 33.2 Å². The maximum Gasteiger partial charge on any atom is 0.373 e. The highest BCUT2D eigenvalue weighted by Crippen LogP contribution is 2.39. The van der Waals surface area contributed by atoms with Crippen molar-refractivity contribution >= 4 is 123 Å². The van der Waals surface area contributed by atoms with Crippen LogP contribution in [0.1, 0.15) is 198 Å². The summed E-state index contributed by atoms with van der Waals surface area (Å²) in [5.41, 5.74) is 23.5. The Hall–Kier alpha value is -11.1. The molecule has 11 N–H and O–H groups in total. The maximum atomic E-state index is 14.1. The number of benzene rings is 10. The van der Waals surface area contributed by atoms with Gasteiger partial charge in [0.1, 0.15) is 45.4 Å². The van der Waals surface area contributed by atoms with E-state index in [-0.39, 0.29) is 69.3 Å². The van der Waals surface area contributed by atoms with Gasteiger partial charge in [-0.15, -0.1) is 0 Å². The fourth-order valence-corrected chi connectivity index (χ4v) is 17.3. The molecule has 0 aliphatic rings. The molecule has 0 saturated heterocycles. The zero-order chi connectivity index (χ0) is 101. The van der Waals surface area contributed by atoms with Gasteiger partial charge in [0.15, 0.2) is 21.7 Å². The van der Waals surface area contributed by atoms with Gasteiger partial charge in [-0.25, -0.2) is 0 Å². The Bertz CT molecular complexity index is 6600. The lowest BCUT2D eigenvalue weighted by Gasteiger charge is -2.35. The number of methoxy groups -OCH3 is 1. The Morgan fingerprint density at radius 3 is 0.993 bits per heavy atom. The summed E-state index contributed by atoms with van der Waals surface area (Å²) in [4.78, 5) is 86.0. The van der Waals surface area contributed by atoms with E-state index in [4.69, 9.17) is 85.3 Å². The molecule has 29 heteroatoms. The molecule has 0 aliphatic heterocycles. The number of nitrogens with zero attached hydrogens (tertiary/aromatic N) is 2. The van der Waals surface area contributed by atoms with Gasteiger partial charge in [0.2, 0.25) is 0 Å². The molecular formula is C111H131B3Cl4N8O14. The molecule has 22 nitrogen and oxygen atoms in total. The Kier molecular flexibility index (Phi) is 43.4. The van der Waals surface area contributed by atoms with Crippen molar-refractivity contribution < 1.29 is 47.1 Å². The Balaban J connectivity index is 0.000000189. The lowest BCUT2D eigenvalue weighted by atomic mass is 9.89. The molecule has 14 aromatic rings. The summed E-state index contributed by atoms with van der Waals surface area (Å²) in [6.07, 6.45) is 3.83. The summed E-state index contributed by atoms with van der Waals surface area (Å²) in [6, 6.07) is 73.4. The van der Waals surface area contributed by atoms with Crippen LogP contribution in [0.15, 0.2) is 280 Å². The number of rotatable bonds is 38. The summed E-state index contributed by atoms with van der Waals surface area (Å²) >= 11 is 24.8. The van der Waals surface area contributed by atoms with E-state index in [1.54, 1.807) is 100 Å². The number of carbonyl (C=O) groups excluding carboxylic acids is 2. The fraction of sp³-hybridized carbons (Fsp3) is 0.333. The zero-order valence-electron chi connectivity index (χ0n) is 82.4. The third-order valence-electron chi connectivity index (χ3n) is 23.9. The van der Waals surface area contributed by atoms with Crippen molar-refractivity contribution in [3.05, 3.63) is 393 Å². The number of hydrogen-bond acceptors (Lipinski definition) is 20. The summed E-state index contributed by atoms with van der Waals surface area (Å²) in [5.74, 6) is 2.17. The van der Waals surface area contributed by atoms with Crippen LogP contribution in [-0.4, -0.2) is 117 Å². The van der Waals surface area contributed by atoms with Crippen LogP contribution in [0.3, 0.4) is 0 Å². The molecule has 0 aliphatic carbocycles. The molecule has 4 unspecified atom stereocenters. The number of aryl methyl sites for hydroxylation is 2. The van der Waals surface area contributed by atoms with E-state index >= 15 is 0 Å². The maximum absolute atomic E-state index is 14.1. The highest BCUT2D eigenvalue weighted by molar-refractivity contribution is 6.46. The van der Waals surface area contributed by atoms with E-state index in [1.807, 2.05) is 235 Å². The monoisotopic (exact) mass is 1970 g/mol. The van der Waals surface area contributed by atoms with Crippen LogP contribution in [0.4, 0.5) is 0 Å². The summed E-state index contributed by atoms with van der Waals surface area (Å²) in [5, 5.41) is 44.0. The second-order valence-electron chi connectivity index (χ2n) is 36.6.